The second kappa shape index (κ2) is 2.94. The normalized spacial score (nSPS) is 30.5. The minimum absolute atomic E-state index is 0.234. The number of hydrogen-bond acceptors (Lipinski definition) is 2. The monoisotopic (exact) mass is 168 g/mol. The Labute approximate surface area is 72.6 Å². The minimum atomic E-state index is 0.234. The van der Waals surface area contributed by atoms with Crippen LogP contribution >= 0.6 is 0 Å². The van der Waals surface area contributed by atoms with Crippen molar-refractivity contribution in [2.45, 2.75) is 31.3 Å². The third-order valence-electron chi connectivity index (χ3n) is 2.59. The largest absolute Gasteiger partial charge is 0.370 e. The molecule has 1 saturated heterocycles. The lowest BCUT2D eigenvalue weighted by Crippen LogP contribution is -2.28. The Bertz CT molecular complexity index is 193. The van der Waals surface area contributed by atoms with Gasteiger partial charge in [0.2, 0.25) is 0 Å². The zero-order valence-corrected chi connectivity index (χ0v) is 7.24. The first-order chi connectivity index (χ1) is 5.75. The highest BCUT2D eigenvalue weighted by molar-refractivity contribution is 5.75. The topological polar surface area (TPSA) is 67.6 Å². The minimum Gasteiger partial charge on any atom is -0.370 e. The second-order valence-electron chi connectivity index (χ2n) is 3.72. The first kappa shape index (κ1) is 7.86. The van der Waals surface area contributed by atoms with Crippen molar-refractivity contribution in [2.24, 2.45) is 16.5 Å². The van der Waals surface area contributed by atoms with Gasteiger partial charge >= 0.3 is 0 Å². The van der Waals surface area contributed by atoms with Gasteiger partial charge in [0.25, 0.3) is 0 Å². The smallest absolute Gasteiger partial charge is 0.186 e. The number of likely N-dealkylation sites (tertiary alicyclic amines) is 1. The van der Waals surface area contributed by atoms with Crippen LogP contribution in [0.4, 0.5) is 0 Å². The lowest BCUT2D eigenvalue weighted by atomic mass is 10.3. The molecule has 1 unspecified atom stereocenters. The van der Waals surface area contributed by atoms with Crippen molar-refractivity contribution in [1.29, 1.82) is 0 Å². The van der Waals surface area contributed by atoms with E-state index in [0.717, 1.165) is 19.0 Å². The van der Waals surface area contributed by atoms with E-state index >= 15 is 0 Å². The molecule has 1 aliphatic carbocycles. The van der Waals surface area contributed by atoms with E-state index in [-0.39, 0.29) is 5.96 Å². The van der Waals surface area contributed by atoms with Crippen LogP contribution in [0.1, 0.15) is 19.3 Å². The van der Waals surface area contributed by atoms with Crippen LogP contribution in [0.2, 0.25) is 0 Å². The van der Waals surface area contributed by atoms with Crippen molar-refractivity contribution < 1.29 is 0 Å². The molecule has 1 atom stereocenters. The molecule has 1 heterocycles. The predicted octanol–water partition coefficient (Wildman–Crippen LogP) is -0.503. The van der Waals surface area contributed by atoms with Gasteiger partial charge in [-0.15, -0.1) is 0 Å². The maximum absolute atomic E-state index is 5.32. The summed E-state index contributed by atoms with van der Waals surface area (Å²) in [5.74, 6) is 0.234. The molecule has 4 N–H and O–H groups in total. The standard InChI is InChI=1S/C8H16N4/c9-8(10)11-6-3-4-12(5-6)7-1-2-7/h6-7H,1-5H2,(H4,9,10,11). The Balaban J connectivity index is 1.84. The van der Waals surface area contributed by atoms with Crippen LogP contribution in [0.5, 0.6) is 0 Å². The first-order valence-electron chi connectivity index (χ1n) is 4.58. The molecule has 4 nitrogen and oxygen atoms in total. The fourth-order valence-corrected chi connectivity index (χ4v) is 1.86. The van der Waals surface area contributed by atoms with Crippen LogP contribution in [0, 0.1) is 0 Å². The molecule has 1 aliphatic heterocycles. The molecule has 2 rings (SSSR count). The number of nitrogens with two attached hydrogens (primary N) is 2. The van der Waals surface area contributed by atoms with E-state index in [1.165, 1.54) is 19.4 Å². The summed E-state index contributed by atoms with van der Waals surface area (Å²) in [4.78, 5) is 6.66. The van der Waals surface area contributed by atoms with Crippen LogP contribution in [-0.4, -0.2) is 36.0 Å². The van der Waals surface area contributed by atoms with Crippen LogP contribution in [-0.2, 0) is 0 Å². The number of nitrogens with zero attached hydrogens (tertiary/aromatic N) is 2. The Morgan fingerprint density at radius 3 is 2.58 bits per heavy atom. The third-order valence-corrected chi connectivity index (χ3v) is 2.59. The van der Waals surface area contributed by atoms with Gasteiger partial charge in [-0.25, -0.2) is 4.99 Å². The number of guanidine groups is 1. The van der Waals surface area contributed by atoms with E-state index in [0.29, 0.717) is 6.04 Å². The molecule has 0 aromatic rings. The van der Waals surface area contributed by atoms with Crippen LogP contribution in [0.15, 0.2) is 4.99 Å². The summed E-state index contributed by atoms with van der Waals surface area (Å²) in [6.07, 6.45) is 3.86. The quantitative estimate of drug-likeness (QED) is 0.431. The van der Waals surface area contributed by atoms with Gasteiger partial charge in [0.05, 0.1) is 6.04 Å². The third kappa shape index (κ3) is 1.69. The molecule has 2 fully saturated rings. The first-order valence-corrected chi connectivity index (χ1v) is 4.58. The molecule has 0 amide bonds. The second-order valence-corrected chi connectivity index (χ2v) is 3.72. The van der Waals surface area contributed by atoms with Crippen molar-refractivity contribution >= 4 is 5.96 Å². The molecule has 0 spiro atoms. The maximum atomic E-state index is 5.32. The molecule has 1 saturated carbocycles. The number of aliphatic imine (C=N–C) groups is 1. The summed E-state index contributed by atoms with van der Waals surface area (Å²) in [6.45, 7) is 2.23. The summed E-state index contributed by atoms with van der Waals surface area (Å²) in [5, 5.41) is 0. The van der Waals surface area contributed by atoms with Crippen molar-refractivity contribution in [2.75, 3.05) is 13.1 Å². The van der Waals surface area contributed by atoms with Crippen LogP contribution < -0.4 is 11.5 Å². The van der Waals surface area contributed by atoms with Gasteiger partial charge in [0.15, 0.2) is 5.96 Å². The van der Waals surface area contributed by atoms with Gasteiger partial charge in [-0.3, -0.25) is 4.90 Å². The SMILES string of the molecule is NC(N)=NC1CCN(C2CC2)C1. The Morgan fingerprint density at radius 2 is 2.00 bits per heavy atom. The van der Waals surface area contributed by atoms with Crippen LogP contribution in [0.25, 0.3) is 0 Å². The van der Waals surface area contributed by atoms with Crippen molar-refractivity contribution in [3.63, 3.8) is 0 Å². The maximum Gasteiger partial charge on any atom is 0.186 e. The zero-order chi connectivity index (χ0) is 8.55. The predicted molar refractivity (Wildman–Crippen MR) is 48.8 cm³/mol. The molecule has 0 radical (unpaired) electrons. The highest BCUT2D eigenvalue weighted by Gasteiger charge is 2.34. The van der Waals surface area contributed by atoms with E-state index in [9.17, 15) is 0 Å². The summed E-state index contributed by atoms with van der Waals surface area (Å²) in [5.41, 5.74) is 10.6. The number of rotatable bonds is 2. The van der Waals surface area contributed by atoms with E-state index in [4.69, 9.17) is 11.5 Å². The summed E-state index contributed by atoms with van der Waals surface area (Å²) < 4.78 is 0. The average Bonchev–Trinajstić information content (AvgIpc) is 2.73. The van der Waals surface area contributed by atoms with E-state index < -0.39 is 0 Å². The molecule has 12 heavy (non-hydrogen) atoms. The van der Waals surface area contributed by atoms with Gasteiger partial charge in [0.1, 0.15) is 0 Å². The lowest BCUT2D eigenvalue weighted by molar-refractivity contribution is 0.324. The summed E-state index contributed by atoms with van der Waals surface area (Å²) >= 11 is 0. The van der Waals surface area contributed by atoms with Gasteiger partial charge in [-0.1, -0.05) is 0 Å². The average molecular weight is 168 g/mol. The van der Waals surface area contributed by atoms with Gasteiger partial charge in [0, 0.05) is 19.1 Å². The molecule has 4 heteroatoms. The van der Waals surface area contributed by atoms with Gasteiger partial charge in [-0.2, -0.15) is 0 Å². The zero-order valence-electron chi connectivity index (χ0n) is 7.24. The molecule has 0 aromatic carbocycles. The lowest BCUT2D eigenvalue weighted by Gasteiger charge is -2.12. The molecule has 0 aromatic heterocycles. The summed E-state index contributed by atoms with van der Waals surface area (Å²) in [6, 6.07) is 1.21. The fraction of sp³-hybridized carbons (Fsp3) is 0.875. The number of hydrogen-bond donors (Lipinski definition) is 2. The molecule has 68 valence electrons. The van der Waals surface area contributed by atoms with E-state index in [2.05, 4.69) is 9.89 Å². The van der Waals surface area contributed by atoms with Gasteiger partial charge in [-0.05, 0) is 19.3 Å². The summed E-state index contributed by atoms with van der Waals surface area (Å²) in [7, 11) is 0. The highest BCUT2D eigenvalue weighted by atomic mass is 15.2. The van der Waals surface area contributed by atoms with Crippen molar-refractivity contribution in [1.82, 2.24) is 4.90 Å². The Hall–Kier alpha value is -0.770. The van der Waals surface area contributed by atoms with E-state index in [1.807, 2.05) is 0 Å². The molecular formula is C8H16N4. The van der Waals surface area contributed by atoms with Crippen molar-refractivity contribution in [3.8, 4) is 0 Å². The molecule has 0 bridgehead atoms. The highest BCUT2D eigenvalue weighted by Crippen LogP contribution is 2.30. The van der Waals surface area contributed by atoms with Gasteiger partial charge < -0.3 is 11.5 Å². The molecule has 2 aliphatic rings. The Kier molecular flexibility index (Phi) is 1.92. The van der Waals surface area contributed by atoms with Crippen molar-refractivity contribution in [3.05, 3.63) is 0 Å². The fourth-order valence-electron chi connectivity index (χ4n) is 1.86. The molecular weight excluding hydrogens is 152 g/mol. The van der Waals surface area contributed by atoms with E-state index in [1.54, 1.807) is 0 Å². The Morgan fingerprint density at radius 1 is 1.25 bits per heavy atom. The van der Waals surface area contributed by atoms with Crippen LogP contribution in [0.3, 0.4) is 0 Å².